The number of rotatable bonds is 3. The van der Waals surface area contributed by atoms with Crippen LogP contribution in [0.25, 0.3) is 0 Å². The van der Waals surface area contributed by atoms with Crippen molar-refractivity contribution in [2.24, 2.45) is 0 Å². The van der Waals surface area contributed by atoms with Gasteiger partial charge in [0.1, 0.15) is 4.21 Å². The molecule has 0 aliphatic carbocycles. The highest BCUT2D eigenvalue weighted by Gasteiger charge is 2.29. The maximum atomic E-state index is 12.6. The van der Waals surface area contributed by atoms with E-state index in [1.165, 1.54) is 11.3 Å². The van der Waals surface area contributed by atoms with Gasteiger partial charge in [-0.05, 0) is 43.3 Å². The summed E-state index contributed by atoms with van der Waals surface area (Å²) in [6.45, 7) is 4.15. The highest BCUT2D eigenvalue weighted by molar-refractivity contribution is 7.91. The van der Waals surface area contributed by atoms with Gasteiger partial charge in [0.25, 0.3) is 10.0 Å². The van der Waals surface area contributed by atoms with Crippen LogP contribution < -0.4 is 4.90 Å². The number of anilines is 1. The molecule has 0 bridgehead atoms. The minimum Gasteiger partial charge on any atom is -0.369 e. The summed E-state index contributed by atoms with van der Waals surface area (Å²) in [6, 6.07) is 13.0. The quantitative estimate of drug-likeness (QED) is 0.855. The number of sulfonamides is 1. The van der Waals surface area contributed by atoms with Gasteiger partial charge in [-0.2, -0.15) is 9.57 Å². The first-order valence-corrected chi connectivity index (χ1v) is 9.58. The minimum absolute atomic E-state index is 0.418. The van der Waals surface area contributed by atoms with E-state index < -0.39 is 10.0 Å². The van der Waals surface area contributed by atoms with Crippen molar-refractivity contribution in [2.45, 2.75) is 11.1 Å². The summed E-state index contributed by atoms with van der Waals surface area (Å²) < 4.78 is 27.2. The summed E-state index contributed by atoms with van der Waals surface area (Å²) in [4.78, 5) is 3.15. The normalized spacial score (nSPS) is 16.3. The molecule has 0 amide bonds. The third kappa shape index (κ3) is 3.24. The molecule has 2 heterocycles. The smallest absolute Gasteiger partial charge is 0.252 e. The van der Waals surface area contributed by atoms with E-state index in [2.05, 4.69) is 11.0 Å². The number of nitrogens with zero attached hydrogens (tertiary/aromatic N) is 3. The van der Waals surface area contributed by atoms with Crippen molar-refractivity contribution in [3.8, 4) is 6.07 Å². The number of piperazine rings is 1. The lowest BCUT2D eigenvalue weighted by Crippen LogP contribution is -2.48. The Bertz CT molecular complexity index is 827. The Morgan fingerprint density at radius 1 is 1.04 bits per heavy atom. The highest BCUT2D eigenvalue weighted by Crippen LogP contribution is 2.26. The summed E-state index contributed by atoms with van der Waals surface area (Å²) in [7, 11) is -3.38. The van der Waals surface area contributed by atoms with Gasteiger partial charge >= 0.3 is 0 Å². The lowest BCUT2D eigenvalue weighted by Gasteiger charge is -2.35. The molecule has 2 aromatic rings. The summed E-state index contributed by atoms with van der Waals surface area (Å²) >= 11 is 1.32. The molecule has 0 atom stereocenters. The second-order valence-corrected chi connectivity index (χ2v) is 8.87. The fourth-order valence-corrected chi connectivity index (χ4v) is 5.47. The molecule has 23 heavy (non-hydrogen) atoms. The van der Waals surface area contributed by atoms with Gasteiger partial charge < -0.3 is 4.90 Å². The second-order valence-electron chi connectivity index (χ2n) is 5.41. The molecule has 0 radical (unpaired) electrons. The first-order valence-electron chi connectivity index (χ1n) is 7.32. The Hall–Kier alpha value is -1.88. The Morgan fingerprint density at radius 2 is 1.70 bits per heavy atom. The molecule has 1 aliphatic heterocycles. The first kappa shape index (κ1) is 16.0. The van der Waals surface area contributed by atoms with Gasteiger partial charge in [0.2, 0.25) is 0 Å². The molecule has 1 aromatic carbocycles. The van der Waals surface area contributed by atoms with Crippen molar-refractivity contribution in [2.75, 3.05) is 31.1 Å². The van der Waals surface area contributed by atoms with Crippen molar-refractivity contribution in [3.05, 3.63) is 46.8 Å². The molecular weight excluding hydrogens is 330 g/mol. The average molecular weight is 347 g/mol. The Kier molecular flexibility index (Phi) is 4.39. The Morgan fingerprint density at radius 3 is 2.22 bits per heavy atom. The van der Waals surface area contributed by atoms with E-state index in [1.807, 2.05) is 25.1 Å². The standard InChI is InChI=1S/C16H17N3O2S2/c1-13-2-7-16(22-13)23(20,21)19-10-8-18(9-11-19)15-5-3-14(12-17)4-6-15/h2-7H,8-11H2,1H3. The van der Waals surface area contributed by atoms with E-state index in [-0.39, 0.29) is 0 Å². The van der Waals surface area contributed by atoms with Crippen LogP contribution in [-0.2, 0) is 10.0 Å². The molecule has 1 aromatic heterocycles. The number of hydrogen-bond acceptors (Lipinski definition) is 5. The molecule has 3 rings (SSSR count). The molecule has 0 spiro atoms. The van der Waals surface area contributed by atoms with Crippen molar-refractivity contribution < 1.29 is 8.42 Å². The molecule has 120 valence electrons. The molecule has 1 fully saturated rings. The fraction of sp³-hybridized carbons (Fsp3) is 0.312. The Balaban J connectivity index is 1.69. The summed E-state index contributed by atoms with van der Waals surface area (Å²) in [5.74, 6) is 0. The first-order chi connectivity index (χ1) is 11.0. The average Bonchev–Trinajstić information content (AvgIpc) is 3.02. The van der Waals surface area contributed by atoms with Crippen molar-refractivity contribution >= 4 is 27.0 Å². The van der Waals surface area contributed by atoms with E-state index in [1.54, 1.807) is 22.5 Å². The van der Waals surface area contributed by atoms with Crippen molar-refractivity contribution in [1.29, 1.82) is 5.26 Å². The number of nitriles is 1. The lowest BCUT2D eigenvalue weighted by molar-refractivity contribution is 0.386. The lowest BCUT2D eigenvalue weighted by atomic mass is 10.2. The predicted molar refractivity (Wildman–Crippen MR) is 91.2 cm³/mol. The van der Waals surface area contributed by atoms with Crippen LogP contribution in [0.15, 0.2) is 40.6 Å². The zero-order valence-corrected chi connectivity index (χ0v) is 14.4. The van der Waals surface area contributed by atoms with Gasteiger partial charge in [0.15, 0.2) is 0 Å². The summed E-state index contributed by atoms with van der Waals surface area (Å²) in [5.41, 5.74) is 1.65. The zero-order valence-electron chi connectivity index (χ0n) is 12.8. The van der Waals surface area contributed by atoms with Crippen LogP contribution in [0.1, 0.15) is 10.4 Å². The Labute approximate surface area is 140 Å². The number of benzene rings is 1. The topological polar surface area (TPSA) is 64.4 Å². The van der Waals surface area contributed by atoms with Gasteiger partial charge in [-0.15, -0.1) is 11.3 Å². The van der Waals surface area contributed by atoms with Crippen LogP contribution in [0.3, 0.4) is 0 Å². The molecule has 5 nitrogen and oxygen atoms in total. The molecule has 0 N–H and O–H groups in total. The predicted octanol–water partition coefficient (Wildman–Crippen LogP) is 2.44. The van der Waals surface area contributed by atoms with Gasteiger partial charge in [-0.25, -0.2) is 8.42 Å². The highest BCUT2D eigenvalue weighted by atomic mass is 32.2. The molecule has 1 aliphatic rings. The van der Waals surface area contributed by atoms with Crippen LogP contribution in [0.2, 0.25) is 0 Å². The monoisotopic (exact) mass is 347 g/mol. The largest absolute Gasteiger partial charge is 0.369 e. The molecule has 7 heteroatoms. The number of aryl methyl sites for hydroxylation is 1. The van der Waals surface area contributed by atoms with Crippen LogP contribution in [0, 0.1) is 18.3 Å². The summed E-state index contributed by atoms with van der Waals surface area (Å²) in [6.07, 6.45) is 0. The number of thiophene rings is 1. The van der Waals surface area contributed by atoms with E-state index in [9.17, 15) is 8.42 Å². The van der Waals surface area contributed by atoms with Crippen LogP contribution in [0.4, 0.5) is 5.69 Å². The van der Waals surface area contributed by atoms with E-state index in [4.69, 9.17) is 5.26 Å². The SMILES string of the molecule is Cc1ccc(S(=O)(=O)N2CCN(c3ccc(C#N)cc3)CC2)s1. The van der Waals surface area contributed by atoms with E-state index >= 15 is 0 Å². The number of hydrogen-bond donors (Lipinski definition) is 0. The van der Waals surface area contributed by atoms with Crippen molar-refractivity contribution in [1.82, 2.24) is 4.31 Å². The maximum absolute atomic E-state index is 12.6. The van der Waals surface area contributed by atoms with Gasteiger partial charge in [0.05, 0.1) is 11.6 Å². The fourth-order valence-electron chi connectivity index (χ4n) is 2.61. The zero-order chi connectivity index (χ0) is 16.4. The second kappa shape index (κ2) is 6.32. The maximum Gasteiger partial charge on any atom is 0.252 e. The van der Waals surface area contributed by atoms with Crippen molar-refractivity contribution in [3.63, 3.8) is 0 Å². The van der Waals surface area contributed by atoms with Gasteiger partial charge in [-0.1, -0.05) is 0 Å². The van der Waals surface area contributed by atoms with Gasteiger partial charge in [0, 0.05) is 36.7 Å². The van der Waals surface area contributed by atoms with Crippen LogP contribution in [0.5, 0.6) is 0 Å². The van der Waals surface area contributed by atoms with E-state index in [0.717, 1.165) is 10.6 Å². The molecule has 0 saturated carbocycles. The minimum atomic E-state index is -3.38. The van der Waals surface area contributed by atoms with Crippen LogP contribution in [-0.4, -0.2) is 38.9 Å². The summed E-state index contributed by atoms with van der Waals surface area (Å²) in [5, 5.41) is 8.84. The third-order valence-electron chi connectivity index (χ3n) is 3.91. The van der Waals surface area contributed by atoms with Crippen LogP contribution >= 0.6 is 11.3 Å². The molecule has 0 unspecified atom stereocenters. The van der Waals surface area contributed by atoms with E-state index in [0.29, 0.717) is 36.0 Å². The molecule has 1 saturated heterocycles. The molecular formula is C16H17N3O2S2. The third-order valence-corrected chi connectivity index (χ3v) is 7.28. The van der Waals surface area contributed by atoms with Gasteiger partial charge in [-0.3, -0.25) is 0 Å².